The number of halogens is 1. The first-order valence-electron chi connectivity index (χ1n) is 19.8. The van der Waals surface area contributed by atoms with E-state index in [2.05, 4.69) is 12.2 Å². The van der Waals surface area contributed by atoms with Gasteiger partial charge in [-0.2, -0.15) is 4.68 Å². The predicted molar refractivity (Wildman–Crippen MR) is 221 cm³/mol. The molecule has 57 heavy (non-hydrogen) atoms. The van der Waals surface area contributed by atoms with E-state index in [1.807, 2.05) is 6.07 Å². The molecule has 13 heteroatoms. The van der Waals surface area contributed by atoms with E-state index in [0.717, 1.165) is 23.9 Å². The molecule has 0 aliphatic rings. The second-order valence-corrected chi connectivity index (χ2v) is 15.6. The Kier molecular flexibility index (Phi) is 16.7. The van der Waals surface area contributed by atoms with Crippen LogP contribution in [0.1, 0.15) is 121 Å². The van der Waals surface area contributed by atoms with Gasteiger partial charge in [0.15, 0.2) is 17.9 Å². The number of unbranched alkanes of at least 4 members (excludes halogenated alkanes) is 9. The van der Waals surface area contributed by atoms with Crippen molar-refractivity contribution in [2.24, 2.45) is 5.41 Å². The van der Waals surface area contributed by atoms with Crippen LogP contribution >= 0.6 is 11.6 Å². The summed E-state index contributed by atoms with van der Waals surface area (Å²) in [6.45, 7) is 8.52. The van der Waals surface area contributed by atoms with Gasteiger partial charge in [0.25, 0.3) is 5.91 Å². The lowest BCUT2D eigenvalue weighted by Gasteiger charge is -2.24. The number of amides is 1. The molecule has 4 rings (SSSR count). The molecular formula is C44H55ClN4O8. The van der Waals surface area contributed by atoms with E-state index in [0.29, 0.717) is 22.2 Å². The molecule has 4 aromatic rings. The molecular weight excluding hydrogens is 748 g/mol. The minimum Gasteiger partial charge on any atom is -0.463 e. The molecule has 0 radical (unpaired) electrons. The SMILES string of the molecule is CCCCCCCCCCCCOC(=O)C(C)OC(=O)c1ccc(Cl)c(NC(=O)C(C(=O)C(C)(C)C)n2c(=O)n(Cc3ccccc3)n(-c3ccccc3)c2=O)c1. The summed E-state index contributed by atoms with van der Waals surface area (Å²) >= 11 is 6.46. The van der Waals surface area contributed by atoms with Crippen LogP contribution in [0.15, 0.2) is 88.5 Å². The number of nitrogens with zero attached hydrogens (tertiary/aromatic N) is 3. The Morgan fingerprint density at radius 3 is 1.95 bits per heavy atom. The van der Waals surface area contributed by atoms with Crippen LogP contribution in [-0.4, -0.2) is 50.3 Å². The van der Waals surface area contributed by atoms with E-state index in [-0.39, 0.29) is 29.4 Å². The zero-order valence-electron chi connectivity index (χ0n) is 33.6. The molecule has 0 saturated heterocycles. The molecule has 1 heterocycles. The van der Waals surface area contributed by atoms with Crippen molar-refractivity contribution < 1.29 is 28.7 Å². The number of carbonyl (C=O) groups is 4. The fourth-order valence-electron chi connectivity index (χ4n) is 6.30. The number of hydrogen-bond donors (Lipinski definition) is 1. The standard InChI is InChI=1S/C44H55ClN4O8/c1-6-7-8-9-10-11-12-13-14-21-28-56-40(52)31(2)57-41(53)33-26-27-35(45)36(29-33)46-39(51)37(38(50)44(3,4)5)48-42(54)47(30-32-22-17-15-18-23-32)49(43(48)55)34-24-19-16-20-25-34/h15-20,22-27,29,31,37H,6-14,21,28,30H2,1-5H3,(H,46,51). The fourth-order valence-corrected chi connectivity index (χ4v) is 6.47. The minimum absolute atomic E-state index is 0.00139. The second-order valence-electron chi connectivity index (χ2n) is 15.2. The van der Waals surface area contributed by atoms with Gasteiger partial charge >= 0.3 is 23.3 Å². The molecule has 2 unspecified atom stereocenters. The van der Waals surface area contributed by atoms with Gasteiger partial charge in [0.2, 0.25) is 0 Å². The van der Waals surface area contributed by atoms with Crippen LogP contribution in [0.5, 0.6) is 0 Å². The summed E-state index contributed by atoms with van der Waals surface area (Å²) in [5.74, 6) is -3.31. The third kappa shape index (κ3) is 12.4. The van der Waals surface area contributed by atoms with E-state index in [1.165, 1.54) is 68.3 Å². The molecule has 0 aliphatic carbocycles. The molecule has 1 amide bonds. The van der Waals surface area contributed by atoms with Gasteiger partial charge in [0, 0.05) is 5.41 Å². The van der Waals surface area contributed by atoms with Crippen LogP contribution in [0.2, 0.25) is 5.02 Å². The van der Waals surface area contributed by atoms with Crippen molar-refractivity contribution in [3.05, 3.63) is 116 Å². The number of nitrogens with one attached hydrogen (secondary N) is 1. The Morgan fingerprint density at radius 1 is 0.772 bits per heavy atom. The molecule has 306 valence electrons. The Morgan fingerprint density at radius 2 is 1.35 bits per heavy atom. The molecule has 0 saturated carbocycles. The lowest BCUT2D eigenvalue weighted by atomic mass is 9.86. The van der Waals surface area contributed by atoms with E-state index < -0.39 is 52.6 Å². The fraction of sp³-hybridized carbons (Fsp3) is 0.455. The van der Waals surface area contributed by atoms with E-state index in [9.17, 15) is 28.8 Å². The van der Waals surface area contributed by atoms with Crippen molar-refractivity contribution in [3.63, 3.8) is 0 Å². The van der Waals surface area contributed by atoms with Gasteiger partial charge in [-0.15, -0.1) is 0 Å². The maximum Gasteiger partial charge on any atom is 0.353 e. The lowest BCUT2D eigenvalue weighted by Crippen LogP contribution is -2.46. The van der Waals surface area contributed by atoms with Gasteiger partial charge in [0.05, 0.1) is 35.1 Å². The van der Waals surface area contributed by atoms with Gasteiger partial charge in [-0.05, 0) is 49.2 Å². The van der Waals surface area contributed by atoms with Crippen molar-refractivity contribution >= 4 is 40.9 Å². The molecule has 12 nitrogen and oxygen atoms in total. The van der Waals surface area contributed by atoms with Gasteiger partial charge < -0.3 is 14.8 Å². The Hall–Kier alpha value is -5.23. The Bertz CT molecular complexity index is 2080. The number of rotatable bonds is 21. The first-order valence-corrected chi connectivity index (χ1v) is 20.2. The average Bonchev–Trinajstić information content (AvgIpc) is 3.42. The third-order valence-electron chi connectivity index (χ3n) is 9.54. The zero-order valence-corrected chi connectivity index (χ0v) is 34.4. The van der Waals surface area contributed by atoms with Gasteiger partial charge in [-0.25, -0.2) is 28.4 Å². The monoisotopic (exact) mass is 802 g/mol. The maximum atomic E-state index is 14.2. The summed E-state index contributed by atoms with van der Waals surface area (Å²) in [5, 5.41) is 2.56. The van der Waals surface area contributed by atoms with Crippen molar-refractivity contribution in [2.45, 2.75) is 118 Å². The highest BCUT2D eigenvalue weighted by Crippen LogP contribution is 2.28. The van der Waals surface area contributed by atoms with Crippen LogP contribution in [0.3, 0.4) is 0 Å². The highest BCUT2D eigenvalue weighted by molar-refractivity contribution is 6.34. The van der Waals surface area contributed by atoms with Gasteiger partial charge in [-0.1, -0.05) is 146 Å². The van der Waals surface area contributed by atoms with E-state index in [4.69, 9.17) is 21.1 Å². The molecule has 1 aromatic heterocycles. The average molecular weight is 803 g/mol. The number of carbonyl (C=O) groups excluding carboxylic acids is 4. The number of benzene rings is 3. The quantitative estimate of drug-likeness (QED) is 0.0503. The molecule has 0 bridgehead atoms. The maximum absolute atomic E-state index is 14.2. The van der Waals surface area contributed by atoms with Crippen molar-refractivity contribution in [2.75, 3.05) is 11.9 Å². The smallest absolute Gasteiger partial charge is 0.353 e. The van der Waals surface area contributed by atoms with Crippen LogP contribution < -0.4 is 16.7 Å². The zero-order chi connectivity index (χ0) is 41.5. The summed E-state index contributed by atoms with van der Waals surface area (Å²) in [5.41, 5.74) is -2.06. The Labute approximate surface area is 339 Å². The molecule has 3 aromatic carbocycles. The number of esters is 2. The predicted octanol–water partition coefficient (Wildman–Crippen LogP) is 8.31. The first-order chi connectivity index (χ1) is 27.2. The lowest BCUT2D eigenvalue weighted by molar-refractivity contribution is -0.153. The third-order valence-corrected chi connectivity index (χ3v) is 9.87. The Balaban J connectivity index is 1.50. The molecule has 2 atom stereocenters. The number of hydrogen-bond acceptors (Lipinski definition) is 8. The topological polar surface area (TPSA) is 148 Å². The number of Topliss-reactive ketones (excluding diaryl/α,β-unsaturated/α-hetero) is 1. The van der Waals surface area contributed by atoms with Crippen LogP contribution in [-0.2, 0) is 30.4 Å². The summed E-state index contributed by atoms with van der Waals surface area (Å²) in [4.78, 5) is 82.4. The number of para-hydroxylation sites is 1. The van der Waals surface area contributed by atoms with E-state index >= 15 is 0 Å². The molecule has 0 spiro atoms. The number of anilines is 1. The van der Waals surface area contributed by atoms with Gasteiger partial charge in [-0.3, -0.25) is 9.59 Å². The summed E-state index contributed by atoms with van der Waals surface area (Å²) < 4.78 is 13.7. The highest BCUT2D eigenvalue weighted by atomic mass is 35.5. The van der Waals surface area contributed by atoms with Crippen molar-refractivity contribution in [3.8, 4) is 5.69 Å². The van der Waals surface area contributed by atoms with Crippen LogP contribution in [0.25, 0.3) is 5.69 Å². The highest BCUT2D eigenvalue weighted by Gasteiger charge is 2.40. The van der Waals surface area contributed by atoms with Gasteiger partial charge in [0.1, 0.15) is 0 Å². The summed E-state index contributed by atoms with van der Waals surface area (Å²) in [7, 11) is 0. The van der Waals surface area contributed by atoms with Crippen LogP contribution in [0.4, 0.5) is 5.69 Å². The molecule has 0 fully saturated rings. The normalized spacial score (nSPS) is 12.5. The summed E-state index contributed by atoms with van der Waals surface area (Å²) in [6.07, 6.45) is 10.2. The number of ether oxygens (including phenoxy) is 2. The largest absolute Gasteiger partial charge is 0.463 e. The van der Waals surface area contributed by atoms with Crippen LogP contribution in [0, 0.1) is 5.41 Å². The number of aromatic nitrogens is 3. The molecule has 0 aliphatic heterocycles. The molecule has 1 N–H and O–H groups in total. The number of ketones is 1. The van der Waals surface area contributed by atoms with Crippen molar-refractivity contribution in [1.29, 1.82) is 0 Å². The van der Waals surface area contributed by atoms with Crippen molar-refractivity contribution in [1.82, 2.24) is 13.9 Å². The van der Waals surface area contributed by atoms with E-state index in [1.54, 1.807) is 75.4 Å². The summed E-state index contributed by atoms with van der Waals surface area (Å²) in [6, 6.07) is 19.4. The minimum atomic E-state index is -1.92. The second kappa shape index (κ2) is 21.3. The first kappa shape index (κ1) is 44.5.